The molecule has 1 aliphatic carbocycles. The van der Waals surface area contributed by atoms with Crippen LogP contribution in [0.15, 0.2) is 65.6 Å². The van der Waals surface area contributed by atoms with E-state index in [-0.39, 0.29) is 24.5 Å². The topological polar surface area (TPSA) is 76.1 Å². The van der Waals surface area contributed by atoms with Crippen LogP contribution in [-0.2, 0) is 22.4 Å². The number of aliphatic hydroxyl groups excluding tert-OH is 1. The fourth-order valence-corrected chi connectivity index (χ4v) is 5.67. The van der Waals surface area contributed by atoms with Crippen LogP contribution < -0.4 is 9.47 Å². The van der Waals surface area contributed by atoms with E-state index < -0.39 is 17.7 Å². The van der Waals surface area contributed by atoms with Gasteiger partial charge in [0.1, 0.15) is 23.9 Å². The van der Waals surface area contributed by atoms with Gasteiger partial charge in [-0.3, -0.25) is 9.59 Å². The number of fused-ring (bicyclic) bond motifs is 1. The normalized spacial score (nSPS) is 19.0. The van der Waals surface area contributed by atoms with Gasteiger partial charge in [0.15, 0.2) is 0 Å². The molecule has 1 amide bonds. The molecule has 0 bridgehead atoms. The highest BCUT2D eigenvalue weighted by molar-refractivity contribution is 7.10. The van der Waals surface area contributed by atoms with E-state index in [0.717, 1.165) is 29.9 Å². The van der Waals surface area contributed by atoms with Crippen molar-refractivity contribution in [2.24, 2.45) is 0 Å². The third-order valence-electron chi connectivity index (χ3n) is 6.63. The Labute approximate surface area is 208 Å². The summed E-state index contributed by atoms with van der Waals surface area (Å²) in [6.45, 7) is 0.417. The van der Waals surface area contributed by atoms with Crippen molar-refractivity contribution in [1.29, 1.82) is 0 Å². The fourth-order valence-electron chi connectivity index (χ4n) is 4.82. The Hall–Kier alpha value is -3.58. The van der Waals surface area contributed by atoms with Gasteiger partial charge in [0.25, 0.3) is 11.7 Å². The SMILES string of the molecule is COc1ccc(OCCN2C(=O)C(=O)/C(=C(\O)c3ccc4c(c3)CCCC4)C2c2cccs2)cc1. The molecule has 2 heterocycles. The minimum Gasteiger partial charge on any atom is -0.507 e. The number of nitrogens with zero attached hydrogens (tertiary/aromatic N) is 1. The van der Waals surface area contributed by atoms with E-state index in [9.17, 15) is 14.7 Å². The van der Waals surface area contributed by atoms with Crippen molar-refractivity contribution >= 4 is 28.8 Å². The number of methoxy groups -OCH3 is 1. The Kier molecular flexibility index (Phi) is 6.59. The van der Waals surface area contributed by atoms with E-state index >= 15 is 0 Å². The Balaban J connectivity index is 1.43. The summed E-state index contributed by atoms with van der Waals surface area (Å²) in [7, 11) is 1.60. The molecule has 1 aromatic heterocycles. The van der Waals surface area contributed by atoms with Crippen molar-refractivity contribution in [3.63, 3.8) is 0 Å². The molecule has 180 valence electrons. The van der Waals surface area contributed by atoms with Crippen LogP contribution in [0, 0.1) is 0 Å². The lowest BCUT2D eigenvalue weighted by molar-refractivity contribution is -0.140. The first-order chi connectivity index (χ1) is 17.1. The molecule has 2 aromatic carbocycles. The average Bonchev–Trinajstić information content (AvgIpc) is 3.51. The number of hydrogen-bond acceptors (Lipinski definition) is 6. The van der Waals surface area contributed by atoms with Gasteiger partial charge < -0.3 is 19.5 Å². The van der Waals surface area contributed by atoms with Crippen molar-refractivity contribution in [3.8, 4) is 11.5 Å². The molecule has 3 aromatic rings. The lowest BCUT2D eigenvalue weighted by atomic mass is 9.89. The van der Waals surface area contributed by atoms with Crippen LogP contribution in [-0.4, -0.2) is 42.0 Å². The highest BCUT2D eigenvalue weighted by Gasteiger charge is 2.46. The standard InChI is InChI=1S/C28H27NO5S/c1-33-21-10-12-22(13-11-21)34-15-14-29-25(23-7-4-16-35-23)24(27(31)28(29)32)26(30)20-9-8-18-5-2-3-6-19(18)17-20/h4,7-13,16-17,25,30H,2-3,5-6,14-15H2,1H3/b26-24-. The Bertz CT molecular complexity index is 1260. The van der Waals surface area contributed by atoms with E-state index in [1.54, 1.807) is 31.4 Å². The number of rotatable bonds is 7. The summed E-state index contributed by atoms with van der Waals surface area (Å²) >= 11 is 1.46. The summed E-state index contributed by atoms with van der Waals surface area (Å²) in [5, 5.41) is 13.2. The predicted molar refractivity (Wildman–Crippen MR) is 135 cm³/mol. The Morgan fingerprint density at radius 1 is 1.03 bits per heavy atom. The second-order valence-electron chi connectivity index (χ2n) is 8.72. The fraction of sp³-hybridized carbons (Fsp3) is 0.286. The summed E-state index contributed by atoms with van der Waals surface area (Å²) in [6.07, 6.45) is 4.28. The molecule has 1 N–H and O–H groups in total. The van der Waals surface area contributed by atoms with E-state index in [4.69, 9.17) is 9.47 Å². The van der Waals surface area contributed by atoms with Gasteiger partial charge in [0, 0.05) is 10.4 Å². The molecule has 0 radical (unpaired) electrons. The molecule has 0 saturated carbocycles. The molecule has 35 heavy (non-hydrogen) atoms. The molecular weight excluding hydrogens is 462 g/mol. The van der Waals surface area contributed by atoms with Crippen molar-refractivity contribution < 1.29 is 24.2 Å². The third-order valence-corrected chi connectivity index (χ3v) is 7.56. The molecule has 1 saturated heterocycles. The van der Waals surface area contributed by atoms with Gasteiger partial charge in [-0.2, -0.15) is 0 Å². The first-order valence-corrected chi connectivity index (χ1v) is 12.7. The lowest BCUT2D eigenvalue weighted by Crippen LogP contribution is -2.33. The van der Waals surface area contributed by atoms with Gasteiger partial charge in [-0.15, -0.1) is 11.3 Å². The number of benzene rings is 2. The smallest absolute Gasteiger partial charge is 0.295 e. The van der Waals surface area contributed by atoms with Gasteiger partial charge in [-0.1, -0.05) is 18.2 Å². The van der Waals surface area contributed by atoms with Crippen LogP contribution in [0.25, 0.3) is 5.76 Å². The van der Waals surface area contributed by atoms with Gasteiger partial charge in [-0.25, -0.2) is 0 Å². The van der Waals surface area contributed by atoms with Crippen LogP contribution in [0.2, 0.25) is 0 Å². The van der Waals surface area contributed by atoms with Gasteiger partial charge in [0.05, 0.1) is 25.3 Å². The number of ketones is 1. The van der Waals surface area contributed by atoms with Crippen molar-refractivity contribution in [3.05, 3.63) is 87.1 Å². The summed E-state index contributed by atoms with van der Waals surface area (Å²) in [5.41, 5.74) is 3.21. The second kappa shape index (κ2) is 9.96. The van der Waals surface area contributed by atoms with Gasteiger partial charge in [-0.05, 0) is 78.6 Å². The maximum Gasteiger partial charge on any atom is 0.295 e. The Morgan fingerprint density at radius 2 is 1.77 bits per heavy atom. The molecular formula is C28H27NO5S. The number of aryl methyl sites for hydroxylation is 2. The van der Waals surface area contributed by atoms with E-state index in [1.165, 1.54) is 33.8 Å². The van der Waals surface area contributed by atoms with Crippen LogP contribution in [0.3, 0.4) is 0 Å². The first-order valence-electron chi connectivity index (χ1n) is 11.8. The van der Waals surface area contributed by atoms with Crippen molar-refractivity contribution in [2.45, 2.75) is 31.7 Å². The summed E-state index contributed by atoms with van der Waals surface area (Å²) < 4.78 is 11.0. The van der Waals surface area contributed by atoms with Crippen LogP contribution in [0.4, 0.5) is 0 Å². The van der Waals surface area contributed by atoms with Crippen LogP contribution in [0.1, 0.15) is 40.5 Å². The highest BCUT2D eigenvalue weighted by atomic mass is 32.1. The van der Waals surface area contributed by atoms with E-state index in [0.29, 0.717) is 11.3 Å². The monoisotopic (exact) mass is 489 g/mol. The minimum atomic E-state index is -0.664. The van der Waals surface area contributed by atoms with Crippen LogP contribution >= 0.6 is 11.3 Å². The third kappa shape index (κ3) is 4.56. The number of thiophene rings is 1. The number of carbonyl (C=O) groups is 2. The maximum absolute atomic E-state index is 13.2. The predicted octanol–water partition coefficient (Wildman–Crippen LogP) is 5.14. The van der Waals surface area contributed by atoms with E-state index in [1.807, 2.05) is 35.7 Å². The zero-order valence-electron chi connectivity index (χ0n) is 19.5. The second-order valence-corrected chi connectivity index (χ2v) is 9.70. The Morgan fingerprint density at radius 3 is 2.49 bits per heavy atom. The number of aliphatic hydroxyl groups is 1. The number of hydrogen-bond donors (Lipinski definition) is 1. The maximum atomic E-state index is 13.2. The lowest BCUT2D eigenvalue weighted by Gasteiger charge is -2.24. The van der Waals surface area contributed by atoms with Crippen molar-refractivity contribution in [1.82, 2.24) is 4.90 Å². The summed E-state index contributed by atoms with van der Waals surface area (Å²) in [5.74, 6) is -0.0371. The van der Waals surface area contributed by atoms with Gasteiger partial charge in [0.2, 0.25) is 0 Å². The van der Waals surface area contributed by atoms with E-state index in [2.05, 4.69) is 0 Å². The summed E-state index contributed by atoms with van der Waals surface area (Å²) in [4.78, 5) is 28.6. The average molecular weight is 490 g/mol. The molecule has 0 spiro atoms. The number of amides is 1. The molecule has 2 aliphatic rings. The highest BCUT2D eigenvalue weighted by Crippen LogP contribution is 2.41. The van der Waals surface area contributed by atoms with Crippen molar-refractivity contribution in [2.75, 3.05) is 20.3 Å². The van der Waals surface area contributed by atoms with Gasteiger partial charge >= 0.3 is 0 Å². The molecule has 7 heteroatoms. The summed E-state index contributed by atoms with van der Waals surface area (Å²) in [6, 6.07) is 16.1. The molecule has 1 aliphatic heterocycles. The quantitative estimate of drug-likeness (QED) is 0.283. The molecule has 1 unspecified atom stereocenters. The molecule has 5 rings (SSSR count). The molecule has 1 fully saturated rings. The van der Waals surface area contributed by atoms with Crippen LogP contribution in [0.5, 0.6) is 11.5 Å². The minimum absolute atomic E-state index is 0.117. The number of carbonyl (C=O) groups excluding carboxylic acids is 2. The largest absolute Gasteiger partial charge is 0.507 e. The molecule has 6 nitrogen and oxygen atoms in total. The molecule has 1 atom stereocenters. The zero-order valence-corrected chi connectivity index (χ0v) is 20.3. The zero-order chi connectivity index (χ0) is 24.4. The number of ether oxygens (including phenoxy) is 2. The first kappa shape index (κ1) is 23.2. The number of likely N-dealkylation sites (tertiary alicyclic amines) is 1. The number of Topliss-reactive ketones (excluding diaryl/α,β-unsaturated/α-hetero) is 1.